The van der Waals surface area contributed by atoms with Gasteiger partial charge in [-0.2, -0.15) is 0 Å². The summed E-state index contributed by atoms with van der Waals surface area (Å²) in [5.41, 5.74) is 0.448. The highest BCUT2D eigenvalue weighted by molar-refractivity contribution is 5.71. The van der Waals surface area contributed by atoms with Crippen molar-refractivity contribution in [1.82, 2.24) is 0 Å². The average molecular weight is 324 g/mol. The lowest BCUT2D eigenvalue weighted by atomic mass is 9.97. The van der Waals surface area contributed by atoms with Crippen LogP contribution >= 0.6 is 0 Å². The van der Waals surface area contributed by atoms with Crippen LogP contribution < -0.4 is 4.74 Å². The Kier molecular flexibility index (Phi) is 4.60. The molecule has 7 heteroatoms. The molecule has 1 heterocycles. The van der Waals surface area contributed by atoms with Crippen LogP contribution in [-0.4, -0.2) is 13.1 Å². The predicted molar refractivity (Wildman–Crippen MR) is 85.2 cm³/mol. The van der Waals surface area contributed by atoms with Crippen molar-refractivity contribution < 1.29 is 14.3 Å². The van der Waals surface area contributed by atoms with E-state index in [1.165, 1.54) is 0 Å². The SMILES string of the molecule is COc1ccc(C2(CC(=O)OCc3ccccc3)N=NN=N2)cc1. The van der Waals surface area contributed by atoms with Crippen molar-refractivity contribution in [2.75, 3.05) is 7.11 Å². The summed E-state index contributed by atoms with van der Waals surface area (Å²) < 4.78 is 10.4. The largest absolute Gasteiger partial charge is 0.497 e. The zero-order chi connectivity index (χ0) is 16.8. The van der Waals surface area contributed by atoms with Gasteiger partial charge in [-0.15, -0.1) is 10.2 Å². The summed E-state index contributed by atoms with van der Waals surface area (Å²) in [4.78, 5) is 12.2. The lowest BCUT2D eigenvalue weighted by Crippen LogP contribution is -2.24. The molecule has 0 spiro atoms. The van der Waals surface area contributed by atoms with Crippen LogP contribution in [0.25, 0.3) is 0 Å². The standard InChI is InChI=1S/C17H16N4O3/c1-23-15-9-7-14(8-10-15)17(18-20-21-19-17)11-16(22)24-12-13-5-3-2-4-6-13/h2-10H,11-12H2,1H3. The summed E-state index contributed by atoms with van der Waals surface area (Å²) in [7, 11) is 1.58. The van der Waals surface area contributed by atoms with Gasteiger partial charge in [0.05, 0.1) is 13.5 Å². The third-order valence-electron chi connectivity index (χ3n) is 3.65. The monoisotopic (exact) mass is 324 g/mol. The van der Waals surface area contributed by atoms with Crippen LogP contribution in [0, 0.1) is 0 Å². The summed E-state index contributed by atoms with van der Waals surface area (Å²) in [6.45, 7) is 0.201. The van der Waals surface area contributed by atoms with Crippen molar-refractivity contribution >= 4 is 5.97 Å². The first-order valence-electron chi connectivity index (χ1n) is 7.40. The van der Waals surface area contributed by atoms with Crippen LogP contribution in [0.4, 0.5) is 0 Å². The number of benzene rings is 2. The summed E-state index contributed by atoms with van der Waals surface area (Å²) in [5.74, 6) is 0.280. The Morgan fingerprint density at radius 1 is 1.00 bits per heavy atom. The van der Waals surface area contributed by atoms with E-state index in [1.807, 2.05) is 30.3 Å². The third-order valence-corrected chi connectivity index (χ3v) is 3.65. The minimum absolute atomic E-state index is 0.0703. The molecule has 0 amide bonds. The highest BCUT2D eigenvalue weighted by Crippen LogP contribution is 2.36. The zero-order valence-electron chi connectivity index (χ0n) is 13.1. The van der Waals surface area contributed by atoms with Crippen molar-refractivity contribution in [2.24, 2.45) is 20.7 Å². The minimum Gasteiger partial charge on any atom is -0.497 e. The number of carbonyl (C=O) groups excluding carboxylic acids is 1. The third kappa shape index (κ3) is 3.45. The smallest absolute Gasteiger partial charge is 0.311 e. The second-order valence-electron chi connectivity index (χ2n) is 5.25. The fourth-order valence-corrected chi connectivity index (χ4v) is 2.34. The van der Waals surface area contributed by atoms with E-state index in [1.54, 1.807) is 31.4 Å². The van der Waals surface area contributed by atoms with Gasteiger partial charge in [-0.3, -0.25) is 4.79 Å². The highest BCUT2D eigenvalue weighted by Gasteiger charge is 2.39. The first kappa shape index (κ1) is 15.8. The van der Waals surface area contributed by atoms with Crippen molar-refractivity contribution in [3.05, 3.63) is 65.7 Å². The Morgan fingerprint density at radius 3 is 2.29 bits per heavy atom. The minimum atomic E-state index is -1.17. The van der Waals surface area contributed by atoms with Gasteiger partial charge in [0.2, 0.25) is 5.66 Å². The second-order valence-corrected chi connectivity index (χ2v) is 5.25. The molecule has 122 valence electrons. The van der Waals surface area contributed by atoms with Crippen LogP contribution in [0.1, 0.15) is 17.5 Å². The van der Waals surface area contributed by atoms with Gasteiger partial charge in [-0.05, 0) is 28.1 Å². The van der Waals surface area contributed by atoms with Gasteiger partial charge >= 0.3 is 5.97 Å². The molecular formula is C17H16N4O3. The number of hydrogen-bond acceptors (Lipinski definition) is 7. The van der Waals surface area contributed by atoms with Gasteiger partial charge < -0.3 is 9.47 Å². The number of hydrogen-bond donors (Lipinski definition) is 0. The fourth-order valence-electron chi connectivity index (χ4n) is 2.34. The molecule has 0 saturated heterocycles. The fraction of sp³-hybridized carbons (Fsp3) is 0.235. The maximum absolute atomic E-state index is 12.2. The zero-order valence-corrected chi connectivity index (χ0v) is 13.1. The van der Waals surface area contributed by atoms with E-state index >= 15 is 0 Å². The summed E-state index contributed by atoms with van der Waals surface area (Å²) in [6.07, 6.45) is -0.0703. The molecule has 24 heavy (non-hydrogen) atoms. The normalized spacial score (nSPS) is 14.5. The van der Waals surface area contributed by atoms with E-state index in [4.69, 9.17) is 9.47 Å². The van der Waals surface area contributed by atoms with Gasteiger partial charge in [0.25, 0.3) is 0 Å². The van der Waals surface area contributed by atoms with Crippen LogP contribution in [0.2, 0.25) is 0 Å². The molecule has 0 N–H and O–H groups in total. The number of rotatable bonds is 6. The molecular weight excluding hydrogens is 308 g/mol. The molecule has 7 nitrogen and oxygen atoms in total. The van der Waals surface area contributed by atoms with Crippen LogP contribution in [-0.2, 0) is 21.8 Å². The Balaban J connectivity index is 1.70. The first-order valence-corrected chi connectivity index (χ1v) is 7.40. The molecule has 0 fully saturated rings. The maximum Gasteiger partial charge on any atom is 0.311 e. The second kappa shape index (κ2) is 6.99. The van der Waals surface area contributed by atoms with Gasteiger partial charge in [-0.1, -0.05) is 42.5 Å². The summed E-state index contributed by atoms with van der Waals surface area (Å²) >= 11 is 0. The van der Waals surface area contributed by atoms with Crippen molar-refractivity contribution in [3.8, 4) is 5.75 Å². The Bertz CT molecular complexity index is 745. The molecule has 0 atom stereocenters. The highest BCUT2D eigenvalue weighted by atomic mass is 16.5. The molecule has 1 aliphatic heterocycles. The Hall–Kier alpha value is -3.09. The van der Waals surface area contributed by atoms with Crippen molar-refractivity contribution in [2.45, 2.75) is 18.7 Å². The molecule has 2 aromatic carbocycles. The Labute approximate surface area is 139 Å². The Morgan fingerprint density at radius 2 is 1.67 bits per heavy atom. The first-order chi connectivity index (χ1) is 11.7. The number of esters is 1. The van der Waals surface area contributed by atoms with Crippen molar-refractivity contribution in [1.29, 1.82) is 0 Å². The van der Waals surface area contributed by atoms with Crippen LogP contribution in [0.15, 0.2) is 75.3 Å². The van der Waals surface area contributed by atoms with Crippen LogP contribution in [0.5, 0.6) is 5.75 Å². The molecule has 0 saturated carbocycles. The number of nitrogens with zero attached hydrogens (tertiary/aromatic N) is 4. The van der Waals surface area contributed by atoms with E-state index in [-0.39, 0.29) is 13.0 Å². The van der Waals surface area contributed by atoms with Gasteiger partial charge in [0.1, 0.15) is 12.4 Å². The predicted octanol–water partition coefficient (Wildman–Crippen LogP) is 3.81. The van der Waals surface area contributed by atoms with Crippen molar-refractivity contribution in [3.63, 3.8) is 0 Å². The van der Waals surface area contributed by atoms with Gasteiger partial charge in [-0.25, -0.2) is 0 Å². The quantitative estimate of drug-likeness (QED) is 0.757. The van der Waals surface area contributed by atoms with E-state index in [9.17, 15) is 4.79 Å². The molecule has 0 unspecified atom stereocenters. The molecule has 0 bridgehead atoms. The molecule has 3 rings (SSSR count). The van der Waals surface area contributed by atoms with Gasteiger partial charge in [0, 0.05) is 5.56 Å². The number of methoxy groups -OCH3 is 1. The lowest BCUT2D eigenvalue weighted by molar-refractivity contribution is -0.146. The number of carbonyl (C=O) groups is 1. The number of ether oxygens (including phenoxy) is 2. The topological polar surface area (TPSA) is 85.0 Å². The summed E-state index contributed by atoms with van der Waals surface area (Å²) in [6, 6.07) is 16.6. The van der Waals surface area contributed by atoms with E-state index in [0.29, 0.717) is 11.3 Å². The lowest BCUT2D eigenvalue weighted by Gasteiger charge is -2.19. The summed E-state index contributed by atoms with van der Waals surface area (Å²) in [5, 5.41) is 15.2. The van der Waals surface area contributed by atoms with E-state index in [0.717, 1.165) is 5.56 Å². The van der Waals surface area contributed by atoms with E-state index < -0.39 is 11.6 Å². The molecule has 0 aliphatic carbocycles. The average Bonchev–Trinajstić information content (AvgIpc) is 3.10. The maximum atomic E-state index is 12.2. The molecule has 1 aliphatic rings. The molecule has 0 radical (unpaired) electrons. The van der Waals surface area contributed by atoms with Crippen LogP contribution in [0.3, 0.4) is 0 Å². The molecule has 2 aromatic rings. The van der Waals surface area contributed by atoms with Gasteiger partial charge in [0.15, 0.2) is 0 Å². The van der Waals surface area contributed by atoms with E-state index in [2.05, 4.69) is 20.7 Å². The molecule has 0 aromatic heterocycles.